The maximum absolute atomic E-state index is 12.5. The molecule has 2 atom stereocenters. The number of carbonyl (C=O) groups excluding carboxylic acids is 1. The van der Waals surface area contributed by atoms with Crippen LogP contribution < -0.4 is 4.74 Å². The molecule has 2 unspecified atom stereocenters. The molecule has 0 aliphatic carbocycles. The number of ether oxygens (including phenoxy) is 2. The standard InChI is InChI=1S/C19H27N3O4/c1-14(2)18(19(24)26-13-16-9-5-4-6-10-16)22-12-17(20-21-22)25-11-7-8-15(3)23/h4-6,9-10,12,14-15,18,23H,7-8,11,13H2,1-3H3. The van der Waals surface area contributed by atoms with E-state index in [-0.39, 0.29) is 24.6 Å². The SMILES string of the molecule is CC(O)CCCOc1cn(C(C(=O)OCc2ccccc2)C(C)C)nn1. The van der Waals surface area contributed by atoms with E-state index in [1.165, 1.54) is 4.68 Å². The van der Waals surface area contributed by atoms with Gasteiger partial charge in [-0.3, -0.25) is 0 Å². The van der Waals surface area contributed by atoms with E-state index in [0.29, 0.717) is 18.9 Å². The van der Waals surface area contributed by atoms with Gasteiger partial charge in [-0.2, -0.15) is 0 Å². The van der Waals surface area contributed by atoms with E-state index in [1.54, 1.807) is 13.1 Å². The van der Waals surface area contributed by atoms with Gasteiger partial charge in [0.25, 0.3) is 5.88 Å². The molecule has 0 spiro atoms. The summed E-state index contributed by atoms with van der Waals surface area (Å²) in [4.78, 5) is 12.5. The van der Waals surface area contributed by atoms with Gasteiger partial charge in [0.2, 0.25) is 0 Å². The van der Waals surface area contributed by atoms with Crippen molar-refractivity contribution in [1.82, 2.24) is 15.0 Å². The van der Waals surface area contributed by atoms with Crippen LogP contribution in [-0.2, 0) is 16.1 Å². The van der Waals surface area contributed by atoms with Crippen LogP contribution in [0.5, 0.6) is 5.88 Å². The van der Waals surface area contributed by atoms with Gasteiger partial charge in [-0.25, -0.2) is 9.48 Å². The van der Waals surface area contributed by atoms with Gasteiger partial charge in [0.1, 0.15) is 6.61 Å². The quantitative estimate of drug-likeness (QED) is 0.517. The lowest BCUT2D eigenvalue weighted by Gasteiger charge is -2.19. The second kappa shape index (κ2) is 9.91. The summed E-state index contributed by atoms with van der Waals surface area (Å²) in [6.45, 7) is 6.26. The van der Waals surface area contributed by atoms with E-state index in [4.69, 9.17) is 9.47 Å². The molecular formula is C19H27N3O4. The van der Waals surface area contributed by atoms with Gasteiger partial charge in [0, 0.05) is 0 Å². The van der Waals surface area contributed by atoms with Gasteiger partial charge in [-0.15, -0.1) is 0 Å². The summed E-state index contributed by atoms with van der Waals surface area (Å²) in [5.74, 6) is -0.00503. The minimum Gasteiger partial charge on any atom is -0.475 e. The molecule has 0 fully saturated rings. The highest BCUT2D eigenvalue weighted by Crippen LogP contribution is 2.21. The number of aliphatic hydroxyl groups is 1. The molecule has 0 aliphatic heterocycles. The van der Waals surface area contributed by atoms with Crippen LogP contribution in [0, 0.1) is 5.92 Å². The molecule has 1 aromatic carbocycles. The molecule has 0 radical (unpaired) electrons. The fourth-order valence-electron chi connectivity index (χ4n) is 2.52. The highest BCUT2D eigenvalue weighted by molar-refractivity contribution is 5.74. The molecule has 0 amide bonds. The van der Waals surface area contributed by atoms with E-state index in [1.807, 2.05) is 44.2 Å². The van der Waals surface area contributed by atoms with Crippen molar-refractivity contribution in [2.75, 3.05) is 6.61 Å². The minimum atomic E-state index is -0.568. The van der Waals surface area contributed by atoms with Gasteiger partial charge in [-0.1, -0.05) is 54.5 Å². The lowest BCUT2D eigenvalue weighted by atomic mass is 10.1. The Labute approximate surface area is 153 Å². The number of carbonyl (C=O) groups is 1. The van der Waals surface area contributed by atoms with Gasteiger partial charge >= 0.3 is 5.97 Å². The van der Waals surface area contributed by atoms with Crippen LogP contribution in [0.15, 0.2) is 36.5 Å². The largest absolute Gasteiger partial charge is 0.475 e. The fourth-order valence-corrected chi connectivity index (χ4v) is 2.52. The average molecular weight is 361 g/mol. The summed E-state index contributed by atoms with van der Waals surface area (Å²) >= 11 is 0. The highest BCUT2D eigenvalue weighted by atomic mass is 16.5. The zero-order valence-corrected chi connectivity index (χ0v) is 15.5. The monoisotopic (exact) mass is 361 g/mol. The average Bonchev–Trinajstić information content (AvgIpc) is 3.06. The van der Waals surface area contributed by atoms with Crippen molar-refractivity contribution < 1.29 is 19.4 Å². The van der Waals surface area contributed by atoms with Gasteiger partial charge in [-0.05, 0) is 31.2 Å². The smallest absolute Gasteiger partial charge is 0.331 e. The normalized spacial score (nSPS) is 13.4. The molecular weight excluding hydrogens is 334 g/mol. The summed E-state index contributed by atoms with van der Waals surface area (Å²) in [6.07, 6.45) is 2.64. The van der Waals surface area contributed by atoms with Crippen molar-refractivity contribution in [2.24, 2.45) is 5.92 Å². The zero-order valence-electron chi connectivity index (χ0n) is 15.5. The minimum absolute atomic E-state index is 0.0111. The van der Waals surface area contributed by atoms with Crippen LogP contribution in [0.2, 0.25) is 0 Å². The van der Waals surface area contributed by atoms with E-state index >= 15 is 0 Å². The first-order chi connectivity index (χ1) is 12.5. The molecule has 1 heterocycles. The Kier molecular flexibility index (Phi) is 7.59. The summed E-state index contributed by atoms with van der Waals surface area (Å²) in [6, 6.07) is 8.98. The molecule has 1 N–H and O–H groups in total. The predicted octanol–water partition coefficient (Wildman–Crippen LogP) is 2.76. The summed E-state index contributed by atoms with van der Waals surface area (Å²) in [5, 5.41) is 17.2. The van der Waals surface area contributed by atoms with Crippen molar-refractivity contribution in [1.29, 1.82) is 0 Å². The lowest BCUT2D eigenvalue weighted by molar-refractivity contribution is -0.151. The number of nitrogens with zero attached hydrogens (tertiary/aromatic N) is 3. The molecule has 2 aromatic rings. The molecule has 0 aliphatic rings. The molecule has 0 saturated carbocycles. The topological polar surface area (TPSA) is 86.5 Å². The van der Waals surface area contributed by atoms with Crippen molar-refractivity contribution in [3.05, 3.63) is 42.1 Å². The molecule has 26 heavy (non-hydrogen) atoms. The third-order valence-corrected chi connectivity index (χ3v) is 3.89. The molecule has 7 nitrogen and oxygen atoms in total. The Bertz CT molecular complexity index is 670. The van der Waals surface area contributed by atoms with E-state index in [2.05, 4.69) is 10.3 Å². The highest BCUT2D eigenvalue weighted by Gasteiger charge is 2.27. The molecule has 2 rings (SSSR count). The van der Waals surface area contributed by atoms with Crippen molar-refractivity contribution in [2.45, 2.75) is 52.4 Å². The fraction of sp³-hybridized carbons (Fsp3) is 0.526. The Morgan fingerprint density at radius 1 is 1.23 bits per heavy atom. The van der Waals surface area contributed by atoms with Gasteiger partial charge < -0.3 is 14.6 Å². The van der Waals surface area contributed by atoms with Crippen LogP contribution in [-0.4, -0.2) is 38.8 Å². The Morgan fingerprint density at radius 3 is 2.62 bits per heavy atom. The number of hydrogen-bond donors (Lipinski definition) is 1. The number of esters is 1. The van der Waals surface area contributed by atoms with E-state index in [0.717, 1.165) is 12.0 Å². The summed E-state index contributed by atoms with van der Waals surface area (Å²) < 4.78 is 12.5. The first kappa shape index (κ1) is 19.9. The van der Waals surface area contributed by atoms with Crippen LogP contribution >= 0.6 is 0 Å². The lowest BCUT2D eigenvalue weighted by Crippen LogP contribution is -2.27. The van der Waals surface area contributed by atoms with E-state index in [9.17, 15) is 9.90 Å². The molecule has 1 aromatic heterocycles. The Morgan fingerprint density at radius 2 is 1.96 bits per heavy atom. The van der Waals surface area contributed by atoms with Gasteiger partial charge in [0.05, 0.1) is 18.9 Å². The molecule has 7 heteroatoms. The first-order valence-corrected chi connectivity index (χ1v) is 8.90. The van der Waals surface area contributed by atoms with Crippen molar-refractivity contribution in [3.63, 3.8) is 0 Å². The van der Waals surface area contributed by atoms with Crippen LogP contribution in [0.1, 0.15) is 45.2 Å². The maximum Gasteiger partial charge on any atom is 0.331 e. The molecule has 0 saturated heterocycles. The van der Waals surface area contributed by atoms with Crippen molar-refractivity contribution in [3.8, 4) is 5.88 Å². The Balaban J connectivity index is 1.93. The summed E-state index contributed by atoms with van der Waals surface area (Å²) in [7, 11) is 0. The number of benzene rings is 1. The molecule has 142 valence electrons. The third-order valence-electron chi connectivity index (χ3n) is 3.89. The number of hydrogen-bond acceptors (Lipinski definition) is 6. The van der Waals surface area contributed by atoms with Crippen LogP contribution in [0.3, 0.4) is 0 Å². The number of aromatic nitrogens is 3. The predicted molar refractivity (Wildman–Crippen MR) is 96.5 cm³/mol. The Hall–Kier alpha value is -2.41. The third kappa shape index (κ3) is 6.15. The van der Waals surface area contributed by atoms with Crippen LogP contribution in [0.25, 0.3) is 0 Å². The van der Waals surface area contributed by atoms with Crippen LogP contribution in [0.4, 0.5) is 0 Å². The number of aliphatic hydroxyl groups excluding tert-OH is 1. The number of rotatable bonds is 10. The second-order valence-corrected chi connectivity index (χ2v) is 6.66. The summed E-state index contributed by atoms with van der Waals surface area (Å²) in [5.41, 5.74) is 0.934. The van der Waals surface area contributed by atoms with E-state index < -0.39 is 6.04 Å². The zero-order chi connectivity index (χ0) is 18.9. The van der Waals surface area contributed by atoms with Crippen molar-refractivity contribution >= 4 is 5.97 Å². The maximum atomic E-state index is 12.5. The first-order valence-electron chi connectivity index (χ1n) is 8.90. The molecule has 0 bridgehead atoms. The second-order valence-electron chi connectivity index (χ2n) is 6.66. The van der Waals surface area contributed by atoms with Gasteiger partial charge in [0.15, 0.2) is 6.04 Å².